The Morgan fingerprint density at radius 1 is 0.643 bits per heavy atom. The molecule has 28 heavy (non-hydrogen) atoms. The van der Waals surface area contributed by atoms with Gasteiger partial charge in [-0.2, -0.15) is 0 Å². The average Bonchev–Trinajstić information content (AvgIpc) is 2.64. The highest BCUT2D eigenvalue weighted by molar-refractivity contribution is 6.94. The van der Waals surface area contributed by atoms with E-state index in [1.54, 1.807) is 5.19 Å². The molecule has 1 nitrogen and oxygen atoms in total. The second-order valence-corrected chi connectivity index (χ2v) is 19.9. The zero-order valence-electron chi connectivity index (χ0n) is 18.1. The SMILES string of the molecule is COc1c([Si](C)(C)C)c2c3ccccc3cc([Si](C)(C)C)c2c2ccccc12. The molecule has 0 aliphatic rings. The van der Waals surface area contributed by atoms with Gasteiger partial charge in [-0.1, -0.05) is 99.1 Å². The summed E-state index contributed by atoms with van der Waals surface area (Å²) in [4.78, 5) is 0. The van der Waals surface area contributed by atoms with E-state index in [0.29, 0.717) is 0 Å². The van der Waals surface area contributed by atoms with Crippen LogP contribution >= 0.6 is 0 Å². The maximum atomic E-state index is 6.11. The molecule has 3 heteroatoms. The predicted molar refractivity (Wildman–Crippen MR) is 131 cm³/mol. The largest absolute Gasteiger partial charge is 0.496 e. The Balaban J connectivity index is 2.47. The van der Waals surface area contributed by atoms with Gasteiger partial charge in [-0.05, 0) is 32.1 Å². The molecule has 4 rings (SSSR count). The first-order chi connectivity index (χ1) is 13.1. The molecule has 0 spiro atoms. The lowest BCUT2D eigenvalue weighted by molar-refractivity contribution is 0.423. The molecule has 0 atom stereocenters. The predicted octanol–water partition coefficient (Wildman–Crippen LogP) is 6.25. The monoisotopic (exact) mass is 402 g/mol. The quantitative estimate of drug-likeness (QED) is 0.291. The summed E-state index contributed by atoms with van der Waals surface area (Å²) in [5, 5.41) is 11.2. The van der Waals surface area contributed by atoms with Crippen LogP contribution in [0.4, 0.5) is 0 Å². The summed E-state index contributed by atoms with van der Waals surface area (Å²) in [5.41, 5.74) is 0. The molecule has 0 aliphatic carbocycles. The molecular weight excluding hydrogens is 372 g/mol. The molecule has 4 aromatic rings. The fourth-order valence-corrected chi connectivity index (χ4v) is 8.08. The van der Waals surface area contributed by atoms with Crippen molar-refractivity contribution in [3.8, 4) is 5.75 Å². The molecule has 0 saturated heterocycles. The zero-order chi connectivity index (χ0) is 20.3. The van der Waals surface area contributed by atoms with E-state index in [0.717, 1.165) is 5.75 Å². The van der Waals surface area contributed by atoms with Gasteiger partial charge in [0.1, 0.15) is 5.75 Å². The van der Waals surface area contributed by atoms with Crippen molar-refractivity contribution in [3.63, 3.8) is 0 Å². The van der Waals surface area contributed by atoms with Crippen LogP contribution in [-0.2, 0) is 0 Å². The van der Waals surface area contributed by atoms with Crippen LogP contribution < -0.4 is 15.1 Å². The minimum atomic E-state index is -1.69. The Morgan fingerprint density at radius 3 is 1.79 bits per heavy atom. The first kappa shape index (κ1) is 19.2. The summed E-state index contributed by atoms with van der Waals surface area (Å²) in [7, 11) is -1.42. The molecule has 144 valence electrons. The highest BCUT2D eigenvalue weighted by Crippen LogP contribution is 2.37. The van der Waals surface area contributed by atoms with Crippen molar-refractivity contribution in [2.45, 2.75) is 39.3 Å². The fourth-order valence-electron chi connectivity index (χ4n) is 4.55. The maximum absolute atomic E-state index is 6.11. The van der Waals surface area contributed by atoms with Crippen LogP contribution in [0.15, 0.2) is 54.6 Å². The van der Waals surface area contributed by atoms with E-state index < -0.39 is 16.1 Å². The second kappa shape index (κ2) is 6.46. The Bertz CT molecular complexity index is 1210. The van der Waals surface area contributed by atoms with E-state index in [1.165, 1.54) is 37.5 Å². The van der Waals surface area contributed by atoms with Gasteiger partial charge < -0.3 is 4.74 Å². The van der Waals surface area contributed by atoms with Gasteiger partial charge in [-0.15, -0.1) is 0 Å². The minimum absolute atomic E-state index is 1.08. The van der Waals surface area contributed by atoms with Gasteiger partial charge in [-0.3, -0.25) is 0 Å². The number of rotatable bonds is 3. The maximum Gasteiger partial charge on any atom is 0.126 e. The summed E-state index contributed by atoms with van der Waals surface area (Å²) < 4.78 is 6.11. The molecule has 0 saturated carbocycles. The minimum Gasteiger partial charge on any atom is -0.496 e. The van der Waals surface area contributed by atoms with E-state index in [9.17, 15) is 0 Å². The van der Waals surface area contributed by atoms with Crippen molar-refractivity contribution in [1.29, 1.82) is 0 Å². The van der Waals surface area contributed by atoms with Gasteiger partial charge >= 0.3 is 0 Å². The number of hydrogen-bond donors (Lipinski definition) is 0. The van der Waals surface area contributed by atoms with Crippen molar-refractivity contribution in [2.24, 2.45) is 0 Å². The third kappa shape index (κ3) is 2.88. The van der Waals surface area contributed by atoms with Crippen molar-refractivity contribution in [1.82, 2.24) is 0 Å². The molecule has 0 N–H and O–H groups in total. The highest BCUT2D eigenvalue weighted by Gasteiger charge is 2.30. The Kier molecular flexibility index (Phi) is 4.44. The molecule has 0 aliphatic heterocycles. The van der Waals surface area contributed by atoms with Crippen LogP contribution in [0.3, 0.4) is 0 Å². The normalized spacial score (nSPS) is 12.8. The van der Waals surface area contributed by atoms with Gasteiger partial charge in [0.05, 0.1) is 23.3 Å². The topological polar surface area (TPSA) is 9.23 Å². The molecular formula is C25H30OSi2. The number of ether oxygens (including phenoxy) is 1. The lowest BCUT2D eigenvalue weighted by atomic mass is 9.96. The van der Waals surface area contributed by atoms with E-state index in [2.05, 4.69) is 93.9 Å². The smallest absolute Gasteiger partial charge is 0.126 e. The van der Waals surface area contributed by atoms with E-state index in [-0.39, 0.29) is 0 Å². The van der Waals surface area contributed by atoms with Crippen LogP contribution in [0, 0.1) is 0 Å². The molecule has 0 fully saturated rings. The number of methoxy groups -OCH3 is 1. The summed E-state index contributed by atoms with van der Waals surface area (Å²) in [6.45, 7) is 14.7. The van der Waals surface area contributed by atoms with Gasteiger partial charge in [0.2, 0.25) is 0 Å². The number of benzene rings is 4. The summed E-state index contributed by atoms with van der Waals surface area (Å²) in [5.74, 6) is 1.08. The first-order valence-corrected chi connectivity index (χ1v) is 17.1. The Morgan fingerprint density at radius 2 is 1.21 bits per heavy atom. The Labute approximate surface area is 170 Å². The van der Waals surface area contributed by atoms with Gasteiger partial charge in [0.15, 0.2) is 0 Å². The summed E-state index contributed by atoms with van der Waals surface area (Å²) in [6.07, 6.45) is 0. The molecule has 0 amide bonds. The highest BCUT2D eigenvalue weighted by atomic mass is 28.3. The van der Waals surface area contributed by atoms with Crippen LogP contribution in [0.1, 0.15) is 0 Å². The lowest BCUT2D eigenvalue weighted by Crippen LogP contribution is -2.42. The Hall–Kier alpha value is -2.11. The van der Waals surface area contributed by atoms with Crippen molar-refractivity contribution in [3.05, 3.63) is 54.6 Å². The van der Waals surface area contributed by atoms with E-state index >= 15 is 0 Å². The number of fused-ring (bicyclic) bond motifs is 5. The van der Waals surface area contributed by atoms with Crippen LogP contribution in [-0.4, -0.2) is 23.3 Å². The third-order valence-electron chi connectivity index (χ3n) is 5.73. The number of hydrogen-bond acceptors (Lipinski definition) is 1. The van der Waals surface area contributed by atoms with Crippen molar-refractivity contribution < 1.29 is 4.74 Å². The van der Waals surface area contributed by atoms with Gasteiger partial charge in [0.25, 0.3) is 0 Å². The molecule has 0 bridgehead atoms. The van der Waals surface area contributed by atoms with Crippen LogP contribution in [0.2, 0.25) is 39.3 Å². The second-order valence-electron chi connectivity index (χ2n) is 9.85. The first-order valence-electron chi connectivity index (χ1n) is 10.1. The molecule has 0 heterocycles. The van der Waals surface area contributed by atoms with Gasteiger partial charge in [-0.25, -0.2) is 0 Å². The fraction of sp³-hybridized carbons (Fsp3) is 0.280. The molecule has 0 radical (unpaired) electrons. The lowest BCUT2D eigenvalue weighted by Gasteiger charge is -2.29. The van der Waals surface area contributed by atoms with E-state index in [4.69, 9.17) is 4.74 Å². The molecule has 4 aromatic carbocycles. The average molecular weight is 403 g/mol. The molecule has 0 unspecified atom stereocenters. The van der Waals surface area contributed by atoms with E-state index in [1.807, 2.05) is 7.11 Å². The summed E-state index contributed by atoms with van der Waals surface area (Å²) >= 11 is 0. The van der Waals surface area contributed by atoms with Crippen molar-refractivity contribution >= 4 is 58.8 Å². The van der Waals surface area contributed by atoms with Crippen LogP contribution in [0.5, 0.6) is 5.75 Å². The molecule has 0 aromatic heterocycles. The van der Waals surface area contributed by atoms with Crippen LogP contribution in [0.25, 0.3) is 32.3 Å². The standard InChI is InChI=1S/C25H30OSi2/c1-26-24-20-15-11-10-14-19(20)22-21(27(2,3)4)16-17-12-8-9-13-18(17)23(22)25(24)28(5,6)7/h8-16H,1-7H3. The van der Waals surface area contributed by atoms with Crippen molar-refractivity contribution in [2.75, 3.05) is 7.11 Å². The zero-order valence-corrected chi connectivity index (χ0v) is 20.1. The van der Waals surface area contributed by atoms with Gasteiger partial charge in [0, 0.05) is 5.39 Å². The summed E-state index contributed by atoms with van der Waals surface area (Å²) in [6, 6.07) is 20.2. The third-order valence-corrected chi connectivity index (χ3v) is 9.72.